The lowest BCUT2D eigenvalue weighted by molar-refractivity contribution is -0.148. The van der Waals surface area contributed by atoms with Gasteiger partial charge in [0, 0.05) is 34.9 Å². The number of likely N-dealkylation sites (tertiary alicyclic amines) is 1. The van der Waals surface area contributed by atoms with Crippen LogP contribution in [0.4, 0.5) is 4.79 Å². The largest absolute Gasteiger partial charge is 0.444 e. The molecule has 1 heterocycles. The van der Waals surface area contributed by atoms with Gasteiger partial charge in [-0.15, -0.1) is 0 Å². The number of hydrogen-bond acceptors (Lipinski definition) is 8. The number of carbonyl (C=O) groups excluding carboxylic acids is 5. The standard InChI is InChI=1S/C53H83N5O8/c1-15-40(16-2)47(56(11)51(62)45(35(3)4)55-50(61)46(36(5)6)57(12)52(63)66-53(8,9)10)43(64-13)34-44(59)58-32-24-31-42(58)48(65-14)37(7)49(60)54-41(33-39-27-21-18-22-28-39)30-23-29-38-25-19-17-20-26-38/h17-23,25-28,30,35-37,40-43,45-48H,15-16,24,29,31-34H2,1-14H3,(H,54,60)(H,55,61)/b30-23-/t37-,41-,42+,43-,45+,46+,47+,48-/m1/s1. The summed E-state index contributed by atoms with van der Waals surface area (Å²) in [6.45, 7) is 19.2. The second-order valence-corrected chi connectivity index (χ2v) is 19.7. The van der Waals surface area contributed by atoms with E-state index in [0.717, 1.165) is 31.2 Å². The van der Waals surface area contributed by atoms with E-state index in [2.05, 4.69) is 60.9 Å². The molecule has 0 unspecified atom stereocenters. The molecule has 0 bridgehead atoms. The van der Waals surface area contributed by atoms with Crippen molar-refractivity contribution in [2.24, 2.45) is 23.7 Å². The minimum atomic E-state index is -0.925. The summed E-state index contributed by atoms with van der Waals surface area (Å²) in [6, 6.07) is 17.3. The van der Waals surface area contributed by atoms with E-state index in [4.69, 9.17) is 14.2 Å². The third kappa shape index (κ3) is 16.0. The van der Waals surface area contributed by atoms with E-state index in [0.29, 0.717) is 19.4 Å². The molecule has 0 aliphatic carbocycles. The van der Waals surface area contributed by atoms with Gasteiger partial charge in [-0.2, -0.15) is 0 Å². The second kappa shape index (κ2) is 26.6. The lowest BCUT2D eigenvalue weighted by atomic mass is 9.86. The highest BCUT2D eigenvalue weighted by atomic mass is 16.6. The van der Waals surface area contributed by atoms with Crippen molar-refractivity contribution in [3.05, 3.63) is 83.9 Å². The van der Waals surface area contributed by atoms with E-state index in [1.54, 1.807) is 46.9 Å². The van der Waals surface area contributed by atoms with Crippen molar-refractivity contribution in [2.45, 2.75) is 162 Å². The predicted octanol–water partition coefficient (Wildman–Crippen LogP) is 7.86. The molecular formula is C53H83N5O8. The highest BCUT2D eigenvalue weighted by Crippen LogP contribution is 2.31. The van der Waals surface area contributed by atoms with E-state index < -0.39 is 53.9 Å². The molecular weight excluding hydrogens is 835 g/mol. The zero-order chi connectivity index (χ0) is 49.3. The smallest absolute Gasteiger partial charge is 0.410 e. The summed E-state index contributed by atoms with van der Waals surface area (Å²) in [5, 5.41) is 6.27. The minimum absolute atomic E-state index is 0.00294. The first-order valence-corrected chi connectivity index (χ1v) is 24.1. The maximum absolute atomic E-state index is 14.7. The van der Waals surface area contributed by atoms with Crippen LogP contribution in [0.2, 0.25) is 0 Å². The molecule has 13 heteroatoms. The Morgan fingerprint density at radius 1 is 0.803 bits per heavy atom. The number of likely N-dealkylation sites (N-methyl/N-ethyl adjacent to an activating group) is 2. The fourth-order valence-electron chi connectivity index (χ4n) is 9.38. The molecule has 1 saturated heterocycles. The van der Waals surface area contributed by atoms with E-state index in [1.165, 1.54) is 17.5 Å². The summed E-state index contributed by atoms with van der Waals surface area (Å²) in [6.07, 6.45) is 6.52. The number of hydrogen-bond donors (Lipinski definition) is 2. The van der Waals surface area contributed by atoms with Crippen LogP contribution >= 0.6 is 0 Å². The third-order valence-electron chi connectivity index (χ3n) is 13.0. The van der Waals surface area contributed by atoms with Crippen LogP contribution in [0.25, 0.3) is 0 Å². The van der Waals surface area contributed by atoms with Gasteiger partial charge < -0.3 is 34.6 Å². The summed E-state index contributed by atoms with van der Waals surface area (Å²) in [4.78, 5) is 75.2. The zero-order valence-electron chi connectivity index (χ0n) is 42.5. The predicted molar refractivity (Wildman–Crippen MR) is 261 cm³/mol. The molecule has 0 saturated carbocycles. The number of allylic oxidation sites excluding steroid dienone is 1. The summed E-state index contributed by atoms with van der Waals surface area (Å²) in [7, 11) is 6.42. The SMILES string of the molecule is CCC(CC)[C@@H]([C@@H](CC(=O)N1CCC[C@H]1[C@H](OC)[C@@H](C)C(=O)N[C@H](/C=C\Cc1ccccc1)Cc1ccccc1)OC)N(C)C(=O)[C@@H](NC(=O)[C@H](C(C)C)N(C)C(=O)OC(C)(C)C)C(C)C. The fourth-order valence-corrected chi connectivity index (χ4v) is 9.38. The Hall–Kier alpha value is -4.75. The summed E-state index contributed by atoms with van der Waals surface area (Å²) >= 11 is 0. The third-order valence-corrected chi connectivity index (χ3v) is 13.0. The maximum atomic E-state index is 14.7. The molecule has 13 nitrogen and oxygen atoms in total. The highest BCUT2D eigenvalue weighted by Gasteiger charge is 2.44. The van der Waals surface area contributed by atoms with E-state index in [-0.39, 0.29) is 54.0 Å². The summed E-state index contributed by atoms with van der Waals surface area (Å²) in [5.74, 6) is -2.25. The second-order valence-electron chi connectivity index (χ2n) is 19.7. The normalized spacial score (nSPS) is 17.5. The van der Waals surface area contributed by atoms with Crippen molar-refractivity contribution in [3.8, 4) is 0 Å². The van der Waals surface area contributed by atoms with Gasteiger partial charge in [-0.1, -0.05) is 134 Å². The molecule has 2 aromatic carbocycles. The molecule has 66 heavy (non-hydrogen) atoms. The van der Waals surface area contributed by atoms with Crippen molar-refractivity contribution in [2.75, 3.05) is 34.9 Å². The average Bonchev–Trinajstić information content (AvgIpc) is 3.76. The van der Waals surface area contributed by atoms with Gasteiger partial charge in [-0.3, -0.25) is 24.1 Å². The molecule has 1 fully saturated rings. The van der Waals surface area contributed by atoms with Gasteiger partial charge in [0.05, 0.1) is 42.7 Å². The van der Waals surface area contributed by atoms with Gasteiger partial charge in [0.15, 0.2) is 0 Å². The van der Waals surface area contributed by atoms with Gasteiger partial charge in [0.25, 0.3) is 0 Å². The number of amides is 5. The van der Waals surface area contributed by atoms with Crippen LogP contribution in [0.3, 0.4) is 0 Å². The van der Waals surface area contributed by atoms with Gasteiger partial charge in [0.2, 0.25) is 23.6 Å². The highest BCUT2D eigenvalue weighted by molar-refractivity contribution is 5.92. The van der Waals surface area contributed by atoms with Gasteiger partial charge >= 0.3 is 6.09 Å². The fraction of sp³-hybridized carbons (Fsp3) is 0.642. The molecule has 5 amide bonds. The molecule has 1 aliphatic heterocycles. The van der Waals surface area contributed by atoms with Crippen LogP contribution in [0.1, 0.15) is 112 Å². The monoisotopic (exact) mass is 918 g/mol. The maximum Gasteiger partial charge on any atom is 0.410 e. The van der Waals surface area contributed by atoms with E-state index >= 15 is 0 Å². The van der Waals surface area contributed by atoms with Crippen molar-refractivity contribution in [3.63, 3.8) is 0 Å². The lowest BCUT2D eigenvalue weighted by Crippen LogP contribution is -2.60. The molecule has 368 valence electrons. The first kappa shape index (κ1) is 55.6. The Kier molecular flexibility index (Phi) is 22.4. The van der Waals surface area contributed by atoms with Gasteiger partial charge in [-0.05, 0) is 75.3 Å². The first-order chi connectivity index (χ1) is 31.2. The number of carbonyl (C=O) groups is 5. The number of rotatable bonds is 24. The number of benzene rings is 2. The number of methoxy groups -OCH3 is 2. The lowest BCUT2D eigenvalue weighted by Gasteiger charge is -2.42. The average molecular weight is 918 g/mol. The van der Waals surface area contributed by atoms with Crippen LogP contribution in [0.5, 0.6) is 0 Å². The van der Waals surface area contributed by atoms with Crippen molar-refractivity contribution < 1.29 is 38.2 Å². The van der Waals surface area contributed by atoms with E-state index in [1.807, 2.05) is 75.9 Å². The number of ether oxygens (including phenoxy) is 3. The molecule has 2 aromatic rings. The van der Waals surface area contributed by atoms with Crippen LogP contribution in [0.15, 0.2) is 72.8 Å². The van der Waals surface area contributed by atoms with Gasteiger partial charge in [0.1, 0.15) is 17.7 Å². The van der Waals surface area contributed by atoms with Gasteiger partial charge in [-0.25, -0.2) is 4.79 Å². The summed E-state index contributed by atoms with van der Waals surface area (Å²) in [5.41, 5.74) is 1.53. The van der Waals surface area contributed by atoms with Crippen LogP contribution in [-0.2, 0) is 46.2 Å². The molecule has 2 N–H and O–H groups in total. The molecule has 0 spiro atoms. The molecule has 0 aromatic heterocycles. The number of nitrogens with zero attached hydrogens (tertiary/aromatic N) is 3. The molecule has 3 rings (SSSR count). The molecule has 8 atom stereocenters. The first-order valence-electron chi connectivity index (χ1n) is 24.1. The van der Waals surface area contributed by atoms with Crippen molar-refractivity contribution in [1.82, 2.24) is 25.3 Å². The topological polar surface area (TPSA) is 147 Å². The zero-order valence-corrected chi connectivity index (χ0v) is 42.5. The van der Waals surface area contributed by atoms with Crippen LogP contribution in [-0.4, -0.2) is 127 Å². The van der Waals surface area contributed by atoms with Crippen molar-refractivity contribution >= 4 is 29.7 Å². The van der Waals surface area contributed by atoms with Crippen LogP contribution in [0, 0.1) is 23.7 Å². The summed E-state index contributed by atoms with van der Waals surface area (Å²) < 4.78 is 17.8. The Bertz CT molecular complexity index is 1850. The minimum Gasteiger partial charge on any atom is -0.444 e. The Labute approximate surface area is 396 Å². The quantitative estimate of drug-likeness (QED) is 0.101. The van der Waals surface area contributed by atoms with Crippen LogP contribution < -0.4 is 10.6 Å². The molecule has 0 radical (unpaired) electrons. The Balaban J connectivity index is 1.83. The van der Waals surface area contributed by atoms with Crippen molar-refractivity contribution in [1.29, 1.82) is 0 Å². The Morgan fingerprint density at radius 2 is 1.39 bits per heavy atom. The van der Waals surface area contributed by atoms with E-state index in [9.17, 15) is 24.0 Å². The molecule has 1 aliphatic rings. The Morgan fingerprint density at radius 3 is 1.91 bits per heavy atom. The number of nitrogens with one attached hydrogen (secondary N) is 2.